The lowest BCUT2D eigenvalue weighted by Crippen LogP contribution is -2.57. The summed E-state index contributed by atoms with van der Waals surface area (Å²) >= 11 is 0. The average Bonchev–Trinajstić information content (AvgIpc) is 2.56. The second-order valence-electron chi connectivity index (χ2n) is 6.05. The van der Waals surface area contributed by atoms with E-state index in [1.54, 1.807) is 0 Å². The molecule has 1 saturated heterocycles. The summed E-state index contributed by atoms with van der Waals surface area (Å²) < 4.78 is 13.7. The molecular formula is C14H18BNO2. The Balaban J connectivity index is 1.81. The van der Waals surface area contributed by atoms with Crippen LogP contribution in [0.2, 0.25) is 0 Å². The molecule has 0 bridgehead atoms. The summed E-state index contributed by atoms with van der Waals surface area (Å²) in [5, 5.41) is 1.22. The van der Waals surface area contributed by atoms with Crippen LogP contribution in [0.25, 0.3) is 10.9 Å². The molecule has 2 aromatic rings. The van der Waals surface area contributed by atoms with Crippen molar-refractivity contribution >= 4 is 23.5 Å². The number of hydrogen-bond donors (Lipinski definition) is 0. The predicted molar refractivity (Wildman–Crippen MR) is 73.7 cm³/mol. The zero-order valence-corrected chi connectivity index (χ0v) is 11.3. The van der Waals surface area contributed by atoms with Crippen molar-refractivity contribution in [3.05, 3.63) is 30.5 Å². The van der Waals surface area contributed by atoms with Crippen molar-refractivity contribution in [3.8, 4) is 0 Å². The van der Waals surface area contributed by atoms with Gasteiger partial charge in [0.15, 0.2) is 0 Å². The molecule has 0 aliphatic carbocycles. The standard InChI is InChI=1S/C14H18BNO2/c1-14(2,3)13-17-15(18-13)11-5-6-12-10(9-11)7-8-16(12)4/h5-9,13H,1-4H3. The van der Waals surface area contributed by atoms with Gasteiger partial charge in [-0.1, -0.05) is 32.9 Å². The molecule has 94 valence electrons. The summed E-state index contributed by atoms with van der Waals surface area (Å²) in [5.41, 5.74) is 2.35. The molecule has 0 amide bonds. The lowest BCUT2D eigenvalue weighted by Gasteiger charge is -2.42. The Bertz CT molecular complexity index is 579. The normalized spacial score (nSPS) is 17.2. The van der Waals surface area contributed by atoms with Crippen LogP contribution in [-0.2, 0) is 16.4 Å². The quantitative estimate of drug-likeness (QED) is 0.717. The van der Waals surface area contributed by atoms with Crippen molar-refractivity contribution < 1.29 is 9.31 Å². The lowest BCUT2D eigenvalue weighted by atomic mass is 9.74. The van der Waals surface area contributed by atoms with E-state index < -0.39 is 0 Å². The third kappa shape index (κ3) is 1.86. The van der Waals surface area contributed by atoms with E-state index in [1.165, 1.54) is 10.9 Å². The van der Waals surface area contributed by atoms with E-state index in [0.717, 1.165) is 5.46 Å². The summed E-state index contributed by atoms with van der Waals surface area (Å²) in [6.45, 7) is 6.36. The van der Waals surface area contributed by atoms with Gasteiger partial charge in [0.25, 0.3) is 0 Å². The van der Waals surface area contributed by atoms with Gasteiger partial charge in [-0.3, -0.25) is 0 Å². The van der Waals surface area contributed by atoms with E-state index in [-0.39, 0.29) is 18.8 Å². The SMILES string of the molecule is Cn1ccc2cc(B3OC(C(C)(C)C)O3)ccc21. The topological polar surface area (TPSA) is 23.4 Å². The molecule has 0 spiro atoms. The Morgan fingerprint density at radius 2 is 1.89 bits per heavy atom. The minimum atomic E-state index is -0.209. The highest BCUT2D eigenvalue weighted by molar-refractivity contribution is 6.63. The molecule has 3 nitrogen and oxygen atoms in total. The molecule has 0 unspecified atom stereocenters. The van der Waals surface area contributed by atoms with E-state index in [1.807, 2.05) is 7.05 Å². The van der Waals surface area contributed by atoms with E-state index in [9.17, 15) is 0 Å². The van der Waals surface area contributed by atoms with Gasteiger partial charge in [0.05, 0.1) is 0 Å². The van der Waals surface area contributed by atoms with Crippen LogP contribution in [0.1, 0.15) is 20.8 Å². The van der Waals surface area contributed by atoms with Gasteiger partial charge in [-0.25, -0.2) is 0 Å². The predicted octanol–water partition coefficient (Wildman–Crippen LogP) is 2.29. The number of benzene rings is 1. The molecule has 1 aliphatic rings. The molecule has 0 atom stereocenters. The lowest BCUT2D eigenvalue weighted by molar-refractivity contribution is -0.167. The monoisotopic (exact) mass is 243 g/mol. The van der Waals surface area contributed by atoms with E-state index >= 15 is 0 Å². The van der Waals surface area contributed by atoms with Crippen LogP contribution in [0, 0.1) is 5.41 Å². The summed E-state index contributed by atoms with van der Waals surface area (Å²) in [4.78, 5) is 0. The maximum Gasteiger partial charge on any atom is 0.497 e. The fourth-order valence-corrected chi connectivity index (χ4v) is 2.25. The maximum absolute atomic E-state index is 5.82. The number of aromatic nitrogens is 1. The van der Waals surface area contributed by atoms with Crippen LogP contribution in [0.4, 0.5) is 0 Å². The van der Waals surface area contributed by atoms with Crippen LogP contribution >= 0.6 is 0 Å². The number of hydrogen-bond acceptors (Lipinski definition) is 2. The van der Waals surface area contributed by atoms with Crippen molar-refractivity contribution in [1.82, 2.24) is 4.57 Å². The largest absolute Gasteiger partial charge is 0.497 e. The zero-order valence-electron chi connectivity index (χ0n) is 11.3. The molecule has 4 heteroatoms. The molecule has 1 aromatic carbocycles. The second-order valence-corrected chi connectivity index (χ2v) is 6.05. The Morgan fingerprint density at radius 1 is 1.17 bits per heavy atom. The van der Waals surface area contributed by atoms with Crippen molar-refractivity contribution in [1.29, 1.82) is 0 Å². The number of fused-ring (bicyclic) bond motifs is 1. The van der Waals surface area contributed by atoms with Gasteiger partial charge >= 0.3 is 7.12 Å². The summed E-state index contributed by atoms with van der Waals surface area (Å²) in [6.07, 6.45) is 1.96. The third-order valence-electron chi connectivity index (χ3n) is 3.38. The Morgan fingerprint density at radius 3 is 2.56 bits per heavy atom. The molecule has 2 heterocycles. The minimum Gasteiger partial charge on any atom is -0.382 e. The van der Waals surface area contributed by atoms with Crippen molar-refractivity contribution in [3.63, 3.8) is 0 Å². The maximum atomic E-state index is 5.82. The number of nitrogens with zero attached hydrogens (tertiary/aromatic N) is 1. The molecule has 1 aromatic heterocycles. The van der Waals surface area contributed by atoms with Crippen molar-refractivity contribution in [2.45, 2.75) is 27.1 Å². The third-order valence-corrected chi connectivity index (χ3v) is 3.38. The number of aryl methyl sites for hydroxylation is 1. The van der Waals surface area contributed by atoms with Crippen LogP contribution in [0.3, 0.4) is 0 Å². The van der Waals surface area contributed by atoms with Gasteiger partial charge in [0.2, 0.25) is 0 Å². The molecule has 1 aliphatic heterocycles. The van der Waals surface area contributed by atoms with Crippen molar-refractivity contribution in [2.75, 3.05) is 0 Å². The van der Waals surface area contributed by atoms with Gasteiger partial charge in [0, 0.05) is 24.2 Å². The van der Waals surface area contributed by atoms with E-state index in [4.69, 9.17) is 9.31 Å². The first kappa shape index (κ1) is 11.8. The van der Waals surface area contributed by atoms with Gasteiger partial charge in [-0.15, -0.1) is 0 Å². The molecule has 0 radical (unpaired) electrons. The number of rotatable bonds is 1. The summed E-state index contributed by atoms with van der Waals surface area (Å²) in [5.74, 6) is 0. The van der Waals surface area contributed by atoms with Gasteiger partial charge in [0.1, 0.15) is 6.29 Å². The Labute approximate surface area is 108 Å². The highest BCUT2D eigenvalue weighted by atomic mass is 16.8. The zero-order chi connectivity index (χ0) is 12.9. The first-order valence-electron chi connectivity index (χ1n) is 6.31. The van der Waals surface area contributed by atoms with Crippen molar-refractivity contribution in [2.24, 2.45) is 12.5 Å². The highest BCUT2D eigenvalue weighted by Gasteiger charge is 2.44. The second kappa shape index (κ2) is 3.87. The molecule has 3 rings (SSSR count). The van der Waals surface area contributed by atoms with E-state index in [0.29, 0.717) is 0 Å². The first-order chi connectivity index (χ1) is 8.45. The fourth-order valence-electron chi connectivity index (χ4n) is 2.25. The molecule has 1 fully saturated rings. The molecule has 0 saturated carbocycles. The van der Waals surface area contributed by atoms with Crippen LogP contribution in [-0.4, -0.2) is 18.0 Å². The highest BCUT2D eigenvalue weighted by Crippen LogP contribution is 2.30. The van der Waals surface area contributed by atoms with Gasteiger partial charge < -0.3 is 13.9 Å². The first-order valence-corrected chi connectivity index (χ1v) is 6.31. The Kier molecular flexibility index (Phi) is 2.54. The minimum absolute atomic E-state index is 0.0351. The summed E-state index contributed by atoms with van der Waals surface area (Å²) in [7, 11) is 1.84. The van der Waals surface area contributed by atoms with E-state index in [2.05, 4.69) is 55.8 Å². The van der Waals surface area contributed by atoms with Gasteiger partial charge in [-0.2, -0.15) is 0 Å². The Hall–Kier alpha value is -1.26. The fraction of sp³-hybridized carbons (Fsp3) is 0.429. The summed E-state index contributed by atoms with van der Waals surface area (Å²) in [6, 6.07) is 8.44. The van der Waals surface area contributed by atoms with Crippen LogP contribution < -0.4 is 5.46 Å². The van der Waals surface area contributed by atoms with Crippen LogP contribution in [0.15, 0.2) is 30.5 Å². The van der Waals surface area contributed by atoms with Crippen LogP contribution in [0.5, 0.6) is 0 Å². The molecule has 0 N–H and O–H groups in total. The van der Waals surface area contributed by atoms with Gasteiger partial charge in [-0.05, 0) is 23.0 Å². The smallest absolute Gasteiger partial charge is 0.382 e. The average molecular weight is 243 g/mol. The molecular weight excluding hydrogens is 225 g/mol. The molecule has 18 heavy (non-hydrogen) atoms.